The number of aromatic nitrogens is 4. The standard InChI is InChI=1S/C15H12Cl2FN5O/c1-8-4-13(20-15(24)14-12(17)6-19-21-14)22-23(8)7-9-2-3-10(18)5-11(9)16/h2-6H,7H2,1H3,(H,19,21)(H,20,22,24). The first-order valence-electron chi connectivity index (χ1n) is 6.92. The first-order chi connectivity index (χ1) is 11.4. The summed E-state index contributed by atoms with van der Waals surface area (Å²) in [5, 5.41) is 13.7. The van der Waals surface area contributed by atoms with E-state index in [9.17, 15) is 9.18 Å². The lowest BCUT2D eigenvalue weighted by atomic mass is 10.2. The molecule has 124 valence electrons. The Kier molecular flexibility index (Phi) is 4.55. The van der Waals surface area contributed by atoms with Gasteiger partial charge in [-0.05, 0) is 24.6 Å². The highest BCUT2D eigenvalue weighted by Crippen LogP contribution is 2.20. The molecule has 0 unspecified atom stereocenters. The molecule has 2 heterocycles. The monoisotopic (exact) mass is 367 g/mol. The van der Waals surface area contributed by atoms with Crippen LogP contribution in [0, 0.1) is 12.7 Å². The molecule has 2 N–H and O–H groups in total. The number of carbonyl (C=O) groups excluding carboxylic acids is 1. The Labute approximate surface area is 146 Å². The minimum Gasteiger partial charge on any atom is -0.304 e. The van der Waals surface area contributed by atoms with E-state index in [0.29, 0.717) is 17.4 Å². The first-order valence-corrected chi connectivity index (χ1v) is 7.68. The summed E-state index contributed by atoms with van der Waals surface area (Å²) in [7, 11) is 0. The van der Waals surface area contributed by atoms with Gasteiger partial charge in [-0.1, -0.05) is 29.3 Å². The zero-order valence-electron chi connectivity index (χ0n) is 12.5. The van der Waals surface area contributed by atoms with Crippen LogP contribution in [0.15, 0.2) is 30.5 Å². The van der Waals surface area contributed by atoms with Gasteiger partial charge in [-0.2, -0.15) is 10.2 Å². The lowest BCUT2D eigenvalue weighted by Gasteiger charge is -2.06. The van der Waals surface area contributed by atoms with Gasteiger partial charge in [0.05, 0.1) is 17.8 Å². The number of aryl methyl sites for hydroxylation is 1. The molecule has 1 aromatic carbocycles. The van der Waals surface area contributed by atoms with E-state index in [-0.39, 0.29) is 10.7 Å². The summed E-state index contributed by atoms with van der Waals surface area (Å²) < 4.78 is 14.8. The maximum absolute atomic E-state index is 13.1. The van der Waals surface area contributed by atoms with Gasteiger partial charge in [0.25, 0.3) is 5.91 Å². The maximum atomic E-state index is 13.1. The van der Waals surface area contributed by atoms with Crippen molar-refractivity contribution >= 4 is 34.9 Å². The lowest BCUT2D eigenvalue weighted by Crippen LogP contribution is -2.14. The molecule has 0 saturated heterocycles. The van der Waals surface area contributed by atoms with Gasteiger partial charge in [0, 0.05) is 16.8 Å². The number of nitrogens with zero attached hydrogens (tertiary/aromatic N) is 3. The summed E-state index contributed by atoms with van der Waals surface area (Å²) in [6.45, 7) is 2.19. The number of carbonyl (C=O) groups is 1. The number of aromatic amines is 1. The Bertz CT molecular complexity index is 905. The second-order valence-corrected chi connectivity index (χ2v) is 5.93. The van der Waals surface area contributed by atoms with Crippen LogP contribution in [0.1, 0.15) is 21.7 Å². The van der Waals surface area contributed by atoms with Crippen molar-refractivity contribution in [1.82, 2.24) is 20.0 Å². The normalized spacial score (nSPS) is 10.8. The predicted octanol–water partition coefficient (Wildman–Crippen LogP) is 3.66. The number of benzene rings is 1. The fourth-order valence-corrected chi connectivity index (χ4v) is 2.56. The molecule has 3 rings (SSSR count). The van der Waals surface area contributed by atoms with Crippen LogP contribution in [0.2, 0.25) is 10.0 Å². The average Bonchev–Trinajstić information content (AvgIpc) is 3.08. The Morgan fingerprint density at radius 1 is 1.33 bits per heavy atom. The molecule has 24 heavy (non-hydrogen) atoms. The minimum atomic E-state index is -0.443. The van der Waals surface area contributed by atoms with Crippen LogP contribution >= 0.6 is 23.2 Å². The highest BCUT2D eigenvalue weighted by Gasteiger charge is 2.15. The maximum Gasteiger partial charge on any atom is 0.276 e. The van der Waals surface area contributed by atoms with Gasteiger partial charge < -0.3 is 5.32 Å². The van der Waals surface area contributed by atoms with E-state index in [4.69, 9.17) is 23.2 Å². The van der Waals surface area contributed by atoms with E-state index in [0.717, 1.165) is 11.3 Å². The molecule has 0 radical (unpaired) electrons. The van der Waals surface area contributed by atoms with Gasteiger partial charge >= 0.3 is 0 Å². The summed E-state index contributed by atoms with van der Waals surface area (Å²) in [6.07, 6.45) is 1.34. The third-order valence-electron chi connectivity index (χ3n) is 3.38. The van der Waals surface area contributed by atoms with Crippen LogP contribution in [-0.2, 0) is 6.54 Å². The molecule has 2 aromatic heterocycles. The molecule has 0 aliphatic carbocycles. The number of nitrogens with one attached hydrogen (secondary N) is 2. The van der Waals surface area contributed by atoms with Crippen LogP contribution in [-0.4, -0.2) is 25.9 Å². The zero-order valence-corrected chi connectivity index (χ0v) is 14.0. The average molecular weight is 368 g/mol. The first kappa shape index (κ1) is 16.5. The number of H-pyrrole nitrogens is 1. The molecule has 1 amide bonds. The highest BCUT2D eigenvalue weighted by atomic mass is 35.5. The largest absolute Gasteiger partial charge is 0.304 e. The van der Waals surface area contributed by atoms with Crippen LogP contribution in [0.25, 0.3) is 0 Å². The summed E-state index contributed by atoms with van der Waals surface area (Å²) in [4.78, 5) is 12.1. The molecule has 0 saturated carbocycles. The van der Waals surface area contributed by atoms with Gasteiger partial charge in [0.2, 0.25) is 0 Å². The highest BCUT2D eigenvalue weighted by molar-refractivity contribution is 6.34. The van der Waals surface area contributed by atoms with Gasteiger partial charge in [-0.25, -0.2) is 4.39 Å². The van der Waals surface area contributed by atoms with E-state index in [1.165, 1.54) is 18.3 Å². The van der Waals surface area contributed by atoms with Gasteiger partial charge in [-0.3, -0.25) is 14.6 Å². The molecule has 0 bridgehead atoms. The minimum absolute atomic E-state index is 0.158. The molecule has 0 aliphatic heterocycles. The van der Waals surface area contributed by atoms with E-state index in [1.54, 1.807) is 16.8 Å². The van der Waals surface area contributed by atoms with Crippen molar-refractivity contribution in [3.8, 4) is 0 Å². The van der Waals surface area contributed by atoms with E-state index < -0.39 is 11.7 Å². The van der Waals surface area contributed by atoms with Crippen molar-refractivity contribution in [2.24, 2.45) is 0 Å². The van der Waals surface area contributed by atoms with Crippen molar-refractivity contribution < 1.29 is 9.18 Å². The van der Waals surface area contributed by atoms with Crippen molar-refractivity contribution in [2.45, 2.75) is 13.5 Å². The van der Waals surface area contributed by atoms with Crippen LogP contribution in [0.5, 0.6) is 0 Å². The number of halogens is 3. The summed E-state index contributed by atoms with van der Waals surface area (Å²) in [6, 6.07) is 5.89. The van der Waals surface area contributed by atoms with Crippen molar-refractivity contribution in [2.75, 3.05) is 5.32 Å². The second kappa shape index (κ2) is 6.62. The Balaban J connectivity index is 1.78. The number of rotatable bonds is 4. The Morgan fingerprint density at radius 3 is 2.79 bits per heavy atom. The lowest BCUT2D eigenvalue weighted by molar-refractivity contribution is 0.102. The molecular weight excluding hydrogens is 356 g/mol. The fourth-order valence-electron chi connectivity index (χ4n) is 2.15. The molecule has 0 aliphatic rings. The molecule has 0 spiro atoms. The molecule has 0 atom stereocenters. The third kappa shape index (κ3) is 3.42. The van der Waals surface area contributed by atoms with Gasteiger partial charge in [-0.15, -0.1) is 0 Å². The van der Waals surface area contributed by atoms with Crippen molar-refractivity contribution in [3.63, 3.8) is 0 Å². The number of anilines is 1. The summed E-state index contributed by atoms with van der Waals surface area (Å²) >= 11 is 11.9. The zero-order chi connectivity index (χ0) is 17.3. The predicted molar refractivity (Wildman–Crippen MR) is 89.0 cm³/mol. The fraction of sp³-hybridized carbons (Fsp3) is 0.133. The Morgan fingerprint density at radius 2 is 2.12 bits per heavy atom. The van der Waals surface area contributed by atoms with Gasteiger partial charge in [0.15, 0.2) is 5.82 Å². The van der Waals surface area contributed by atoms with Crippen LogP contribution < -0.4 is 5.32 Å². The summed E-state index contributed by atoms with van der Waals surface area (Å²) in [5.74, 6) is -0.478. The smallest absolute Gasteiger partial charge is 0.276 e. The van der Waals surface area contributed by atoms with Crippen molar-refractivity contribution in [3.05, 3.63) is 63.3 Å². The topological polar surface area (TPSA) is 75.6 Å². The number of hydrogen-bond acceptors (Lipinski definition) is 3. The molecule has 6 nitrogen and oxygen atoms in total. The second-order valence-electron chi connectivity index (χ2n) is 5.11. The van der Waals surface area contributed by atoms with Crippen LogP contribution in [0.4, 0.5) is 10.2 Å². The summed E-state index contributed by atoms with van der Waals surface area (Å²) in [5.41, 5.74) is 1.69. The number of amides is 1. The van der Waals surface area contributed by atoms with E-state index >= 15 is 0 Å². The van der Waals surface area contributed by atoms with Gasteiger partial charge in [0.1, 0.15) is 11.5 Å². The molecular formula is C15H12Cl2FN5O. The molecule has 9 heteroatoms. The molecule has 3 aromatic rings. The molecule has 0 fully saturated rings. The quantitative estimate of drug-likeness (QED) is 0.738. The van der Waals surface area contributed by atoms with E-state index in [1.807, 2.05) is 6.92 Å². The van der Waals surface area contributed by atoms with E-state index in [2.05, 4.69) is 20.6 Å². The SMILES string of the molecule is Cc1cc(NC(=O)c2[nH]ncc2Cl)nn1Cc1ccc(F)cc1Cl. The number of hydrogen-bond donors (Lipinski definition) is 2. The Hall–Kier alpha value is -2.38. The van der Waals surface area contributed by atoms with Crippen LogP contribution in [0.3, 0.4) is 0 Å². The third-order valence-corrected chi connectivity index (χ3v) is 4.02. The van der Waals surface area contributed by atoms with Crippen molar-refractivity contribution in [1.29, 1.82) is 0 Å².